The maximum atomic E-state index is 14.0. The highest BCUT2D eigenvalue weighted by molar-refractivity contribution is 5.94. The van der Waals surface area contributed by atoms with Crippen LogP contribution in [0.15, 0.2) is 59.9 Å². The predicted octanol–water partition coefficient (Wildman–Crippen LogP) is 4.58. The Bertz CT molecular complexity index is 1770. The second kappa shape index (κ2) is 9.52. The van der Waals surface area contributed by atoms with E-state index in [1.165, 1.54) is 6.33 Å². The fourth-order valence-corrected chi connectivity index (χ4v) is 4.66. The summed E-state index contributed by atoms with van der Waals surface area (Å²) in [4.78, 5) is 36.3. The van der Waals surface area contributed by atoms with Crippen LogP contribution >= 0.6 is 0 Å². The molecule has 6 rings (SSSR count). The van der Waals surface area contributed by atoms with Gasteiger partial charge in [0.1, 0.15) is 18.0 Å². The third-order valence-electron chi connectivity index (χ3n) is 6.59. The van der Waals surface area contributed by atoms with Crippen LogP contribution in [0.2, 0.25) is 0 Å². The molecule has 0 bridgehead atoms. The van der Waals surface area contributed by atoms with E-state index < -0.39 is 0 Å². The van der Waals surface area contributed by atoms with Crippen molar-refractivity contribution in [3.63, 3.8) is 0 Å². The molecule has 38 heavy (non-hydrogen) atoms. The molecule has 1 unspecified atom stereocenters. The van der Waals surface area contributed by atoms with E-state index in [1.54, 1.807) is 30.6 Å². The van der Waals surface area contributed by atoms with Crippen LogP contribution < -0.4 is 15.6 Å². The van der Waals surface area contributed by atoms with Crippen LogP contribution in [0.3, 0.4) is 0 Å². The number of ether oxygens (including phenoxy) is 1. The van der Waals surface area contributed by atoms with Gasteiger partial charge in [-0.05, 0) is 56.5 Å². The van der Waals surface area contributed by atoms with E-state index in [4.69, 9.17) is 9.72 Å². The number of nitrogens with zero attached hydrogens (tertiary/aromatic N) is 7. The van der Waals surface area contributed by atoms with E-state index in [0.717, 1.165) is 34.9 Å². The van der Waals surface area contributed by atoms with Gasteiger partial charge in [-0.1, -0.05) is 12.1 Å². The Morgan fingerprint density at radius 1 is 1.13 bits per heavy atom. The maximum Gasteiger partial charge on any atom is 0.316 e. The van der Waals surface area contributed by atoms with Crippen molar-refractivity contribution >= 4 is 27.6 Å². The van der Waals surface area contributed by atoms with Gasteiger partial charge in [-0.3, -0.25) is 9.36 Å². The molecule has 1 aliphatic rings. The summed E-state index contributed by atoms with van der Waals surface area (Å²) >= 11 is 0. The Kier molecular flexibility index (Phi) is 5.88. The molecule has 1 saturated carbocycles. The molecule has 1 fully saturated rings. The molecule has 10 nitrogen and oxygen atoms in total. The number of aromatic nitrogens is 6. The molecular formula is C28H24N8O2. The molecule has 3 aromatic heterocycles. The number of rotatable bonds is 7. The van der Waals surface area contributed by atoms with Gasteiger partial charge in [0, 0.05) is 29.4 Å². The number of fused-ring (bicyclic) bond motifs is 2. The SMILES string of the molecule is CCOc1ncc(-c2cccc3nc(C(C)Nc4ncnc5ccc(C#N)cc45)n(C4CC4)c(=O)c23)cn1. The lowest BCUT2D eigenvalue weighted by molar-refractivity contribution is 0.312. The summed E-state index contributed by atoms with van der Waals surface area (Å²) in [5.41, 5.74) is 3.20. The zero-order valence-corrected chi connectivity index (χ0v) is 20.9. The van der Waals surface area contributed by atoms with E-state index >= 15 is 0 Å². The first-order valence-corrected chi connectivity index (χ1v) is 12.5. The third-order valence-corrected chi connectivity index (χ3v) is 6.59. The lowest BCUT2D eigenvalue weighted by atomic mass is 10.0. The van der Waals surface area contributed by atoms with Crippen molar-refractivity contribution in [1.82, 2.24) is 29.5 Å². The summed E-state index contributed by atoms with van der Waals surface area (Å²) in [6, 6.07) is 13.1. The summed E-state index contributed by atoms with van der Waals surface area (Å²) in [5, 5.41) is 14.0. The molecule has 0 radical (unpaired) electrons. The smallest absolute Gasteiger partial charge is 0.316 e. The van der Waals surface area contributed by atoms with Crippen LogP contribution in [0.5, 0.6) is 6.01 Å². The number of hydrogen-bond donors (Lipinski definition) is 1. The molecule has 3 heterocycles. The van der Waals surface area contributed by atoms with Crippen LogP contribution in [-0.2, 0) is 0 Å². The largest absolute Gasteiger partial charge is 0.464 e. The fraction of sp³-hybridized carbons (Fsp3) is 0.250. The molecule has 10 heteroatoms. The Morgan fingerprint density at radius 3 is 2.68 bits per heavy atom. The Labute approximate surface area is 218 Å². The Hall–Kier alpha value is -4.91. The molecule has 1 aliphatic carbocycles. The van der Waals surface area contributed by atoms with Gasteiger partial charge in [0.15, 0.2) is 0 Å². The van der Waals surface area contributed by atoms with Crippen molar-refractivity contribution in [3.05, 3.63) is 76.9 Å². The highest BCUT2D eigenvalue weighted by atomic mass is 16.5. The Morgan fingerprint density at radius 2 is 1.95 bits per heavy atom. The highest BCUT2D eigenvalue weighted by Gasteiger charge is 2.31. The van der Waals surface area contributed by atoms with Crippen LogP contribution in [0.25, 0.3) is 32.9 Å². The first-order chi connectivity index (χ1) is 18.6. The highest BCUT2D eigenvalue weighted by Crippen LogP contribution is 2.37. The van der Waals surface area contributed by atoms with Crippen molar-refractivity contribution in [2.24, 2.45) is 0 Å². The van der Waals surface area contributed by atoms with Gasteiger partial charge in [0.2, 0.25) is 0 Å². The summed E-state index contributed by atoms with van der Waals surface area (Å²) in [6.07, 6.45) is 6.66. The third kappa shape index (κ3) is 4.18. The standard InChI is InChI=1S/C28H24N8O2/c1-3-38-28-30-13-18(14-31-28)20-5-4-6-23-24(20)27(37)36(19-8-9-19)26(35-23)16(2)34-25-21-11-17(12-29)7-10-22(21)32-15-33-25/h4-7,10-11,13-16,19H,3,8-9H2,1-2H3,(H,32,33,34). The summed E-state index contributed by atoms with van der Waals surface area (Å²) in [7, 11) is 0. The average molecular weight is 505 g/mol. The van der Waals surface area contributed by atoms with Gasteiger partial charge in [-0.2, -0.15) is 5.26 Å². The van der Waals surface area contributed by atoms with Crippen LogP contribution in [-0.4, -0.2) is 36.1 Å². The van der Waals surface area contributed by atoms with Gasteiger partial charge in [0.05, 0.1) is 40.7 Å². The molecule has 0 amide bonds. The fourth-order valence-electron chi connectivity index (χ4n) is 4.66. The zero-order chi connectivity index (χ0) is 26.2. The monoisotopic (exact) mass is 504 g/mol. The van der Waals surface area contributed by atoms with Crippen molar-refractivity contribution < 1.29 is 4.74 Å². The lowest BCUT2D eigenvalue weighted by Crippen LogP contribution is -2.28. The number of anilines is 1. The molecule has 0 spiro atoms. The topological polar surface area (TPSA) is 132 Å². The molecule has 0 aliphatic heterocycles. The van der Waals surface area contributed by atoms with E-state index in [0.29, 0.717) is 40.7 Å². The number of nitrogens with one attached hydrogen (secondary N) is 1. The lowest BCUT2D eigenvalue weighted by Gasteiger charge is -2.21. The minimum atomic E-state index is -0.339. The molecule has 5 aromatic rings. The van der Waals surface area contributed by atoms with Crippen LogP contribution in [0.4, 0.5) is 5.82 Å². The van der Waals surface area contributed by atoms with Gasteiger partial charge in [-0.25, -0.2) is 24.9 Å². The second-order valence-corrected chi connectivity index (χ2v) is 9.20. The molecule has 188 valence electrons. The summed E-state index contributed by atoms with van der Waals surface area (Å²) in [5.74, 6) is 1.21. The van der Waals surface area contributed by atoms with E-state index in [9.17, 15) is 10.1 Å². The maximum absolute atomic E-state index is 14.0. The van der Waals surface area contributed by atoms with E-state index in [1.807, 2.05) is 36.6 Å². The van der Waals surface area contributed by atoms with Gasteiger partial charge < -0.3 is 10.1 Å². The van der Waals surface area contributed by atoms with E-state index in [-0.39, 0.29) is 17.6 Å². The van der Waals surface area contributed by atoms with Gasteiger partial charge in [0.25, 0.3) is 5.56 Å². The van der Waals surface area contributed by atoms with Gasteiger partial charge >= 0.3 is 6.01 Å². The summed E-state index contributed by atoms with van der Waals surface area (Å²) < 4.78 is 7.17. The zero-order valence-electron chi connectivity index (χ0n) is 20.9. The van der Waals surface area contributed by atoms with Gasteiger partial charge in [-0.15, -0.1) is 0 Å². The average Bonchev–Trinajstić information content (AvgIpc) is 3.78. The van der Waals surface area contributed by atoms with Crippen molar-refractivity contribution in [2.45, 2.75) is 38.8 Å². The normalized spacial score (nSPS) is 13.8. The minimum Gasteiger partial charge on any atom is -0.464 e. The van der Waals surface area contributed by atoms with E-state index in [2.05, 4.69) is 31.3 Å². The second-order valence-electron chi connectivity index (χ2n) is 9.20. The molecular weight excluding hydrogens is 480 g/mol. The first kappa shape index (κ1) is 23.5. The summed E-state index contributed by atoms with van der Waals surface area (Å²) in [6.45, 7) is 4.31. The van der Waals surface area contributed by atoms with Crippen molar-refractivity contribution in [1.29, 1.82) is 5.26 Å². The van der Waals surface area contributed by atoms with Crippen molar-refractivity contribution in [3.8, 4) is 23.2 Å². The van der Waals surface area contributed by atoms with Crippen LogP contribution in [0.1, 0.15) is 50.2 Å². The number of hydrogen-bond acceptors (Lipinski definition) is 9. The predicted molar refractivity (Wildman–Crippen MR) is 143 cm³/mol. The molecule has 0 saturated heterocycles. The molecule has 2 aromatic carbocycles. The van der Waals surface area contributed by atoms with Crippen LogP contribution in [0, 0.1) is 11.3 Å². The molecule has 1 atom stereocenters. The van der Waals surface area contributed by atoms with Crippen molar-refractivity contribution in [2.75, 3.05) is 11.9 Å². The minimum absolute atomic E-state index is 0.0926. The number of nitriles is 1. The number of benzene rings is 2. The Balaban J connectivity index is 1.45. The molecule has 1 N–H and O–H groups in total. The quantitative estimate of drug-likeness (QED) is 0.338. The first-order valence-electron chi connectivity index (χ1n) is 12.5.